The van der Waals surface area contributed by atoms with Gasteiger partial charge in [0.2, 0.25) is 0 Å². The zero-order chi connectivity index (χ0) is 19.1. The Labute approximate surface area is 150 Å². The molecule has 0 aliphatic heterocycles. The highest BCUT2D eigenvalue weighted by atomic mass is 19.1. The third-order valence-corrected chi connectivity index (χ3v) is 4.25. The number of hydrogen-bond donors (Lipinski definition) is 1. The van der Waals surface area contributed by atoms with E-state index in [1.54, 1.807) is 13.8 Å². The van der Waals surface area contributed by atoms with Gasteiger partial charge in [-0.05, 0) is 38.8 Å². The van der Waals surface area contributed by atoms with Crippen molar-refractivity contribution in [1.82, 2.24) is 15.0 Å². The van der Waals surface area contributed by atoms with Gasteiger partial charge in [-0.25, -0.2) is 8.78 Å². The number of aryl methyl sites for hydroxylation is 2. The summed E-state index contributed by atoms with van der Waals surface area (Å²) >= 11 is 0. The first-order valence-corrected chi connectivity index (χ1v) is 8.34. The highest BCUT2D eigenvalue weighted by Gasteiger charge is 2.24. The minimum absolute atomic E-state index is 0.142. The second-order valence-electron chi connectivity index (χ2n) is 6.96. The minimum Gasteiger partial charge on any atom is -0.482 e. The van der Waals surface area contributed by atoms with Crippen molar-refractivity contribution < 1.29 is 18.6 Å². The maximum Gasteiger partial charge on any atom is 0.191 e. The van der Waals surface area contributed by atoms with Gasteiger partial charge in [0, 0.05) is 25.2 Å². The summed E-state index contributed by atoms with van der Waals surface area (Å²) in [6.45, 7) is 6.98. The Kier molecular flexibility index (Phi) is 4.66. The number of nitrogens with zero attached hydrogens (tertiary/aromatic N) is 3. The van der Waals surface area contributed by atoms with E-state index in [0.29, 0.717) is 11.0 Å². The topological polar surface area (TPSA) is 60.2 Å². The molecule has 0 spiro atoms. The van der Waals surface area contributed by atoms with Crippen molar-refractivity contribution in [2.75, 3.05) is 6.61 Å². The van der Waals surface area contributed by atoms with E-state index in [0.717, 1.165) is 23.3 Å². The van der Waals surface area contributed by atoms with Gasteiger partial charge in [-0.2, -0.15) is 4.80 Å². The van der Waals surface area contributed by atoms with E-state index in [2.05, 4.69) is 10.2 Å². The fourth-order valence-corrected chi connectivity index (χ4v) is 2.72. The van der Waals surface area contributed by atoms with Crippen LogP contribution in [-0.2, 0) is 0 Å². The molecule has 0 aliphatic rings. The van der Waals surface area contributed by atoms with Crippen molar-refractivity contribution in [3.63, 3.8) is 0 Å². The Bertz CT molecular complexity index is 905. The van der Waals surface area contributed by atoms with Gasteiger partial charge in [0.15, 0.2) is 17.4 Å². The van der Waals surface area contributed by atoms with Gasteiger partial charge >= 0.3 is 0 Å². The van der Waals surface area contributed by atoms with Crippen LogP contribution in [0, 0.1) is 25.5 Å². The summed E-state index contributed by atoms with van der Waals surface area (Å²) in [7, 11) is 0. The Morgan fingerprint density at radius 1 is 1.04 bits per heavy atom. The molecule has 0 aliphatic carbocycles. The van der Waals surface area contributed by atoms with Crippen LogP contribution in [-0.4, -0.2) is 32.3 Å². The molecule has 7 heteroatoms. The summed E-state index contributed by atoms with van der Waals surface area (Å²) in [6, 6.07) is 6.13. The van der Waals surface area contributed by atoms with E-state index in [9.17, 15) is 8.78 Å². The lowest BCUT2D eigenvalue weighted by Gasteiger charge is -2.26. The number of aliphatic hydroxyl groups excluding tert-OH is 1. The quantitative estimate of drug-likeness (QED) is 0.750. The van der Waals surface area contributed by atoms with Crippen LogP contribution >= 0.6 is 0 Å². The zero-order valence-corrected chi connectivity index (χ0v) is 15.2. The second kappa shape index (κ2) is 6.64. The summed E-state index contributed by atoms with van der Waals surface area (Å²) in [5.74, 6) is -2.17. The van der Waals surface area contributed by atoms with Gasteiger partial charge in [0.1, 0.15) is 16.6 Å². The number of aliphatic hydroxyl groups is 1. The lowest BCUT2D eigenvalue weighted by molar-refractivity contribution is 0.0676. The lowest BCUT2D eigenvalue weighted by atomic mass is 10.1. The van der Waals surface area contributed by atoms with E-state index < -0.39 is 23.0 Å². The molecule has 1 heterocycles. The molecule has 138 valence electrons. The fraction of sp³-hybridized carbons (Fsp3) is 0.368. The molecule has 1 N–H and O–H groups in total. The molecular weight excluding hydrogens is 340 g/mol. The van der Waals surface area contributed by atoms with E-state index in [4.69, 9.17) is 9.84 Å². The first-order valence-electron chi connectivity index (χ1n) is 8.34. The number of aromatic nitrogens is 3. The van der Waals surface area contributed by atoms with Gasteiger partial charge in [-0.15, -0.1) is 10.2 Å². The molecular formula is C19H21F2N3O2. The van der Waals surface area contributed by atoms with Crippen molar-refractivity contribution in [3.05, 3.63) is 47.0 Å². The smallest absolute Gasteiger partial charge is 0.191 e. The SMILES string of the molecule is Cc1ccc(C)c2nn(-c3cc(F)c(OC(C)(C)CCO)c(F)c3)nc12. The molecule has 3 aromatic rings. The van der Waals surface area contributed by atoms with Crippen LogP contribution in [0.2, 0.25) is 0 Å². The van der Waals surface area contributed by atoms with Crippen molar-refractivity contribution >= 4 is 11.0 Å². The maximum atomic E-state index is 14.5. The van der Waals surface area contributed by atoms with Crippen LogP contribution in [0.15, 0.2) is 24.3 Å². The van der Waals surface area contributed by atoms with Crippen LogP contribution in [0.4, 0.5) is 8.78 Å². The summed E-state index contributed by atoms with van der Waals surface area (Å²) in [6.07, 6.45) is 0.248. The molecule has 2 aromatic carbocycles. The van der Waals surface area contributed by atoms with Crippen LogP contribution < -0.4 is 4.74 Å². The molecule has 0 atom stereocenters. The van der Waals surface area contributed by atoms with Gasteiger partial charge in [-0.3, -0.25) is 0 Å². The van der Waals surface area contributed by atoms with Crippen LogP contribution in [0.25, 0.3) is 16.7 Å². The molecule has 0 fully saturated rings. The largest absolute Gasteiger partial charge is 0.482 e. The predicted molar refractivity (Wildman–Crippen MR) is 94.7 cm³/mol. The average molecular weight is 361 g/mol. The number of halogens is 2. The van der Waals surface area contributed by atoms with E-state index >= 15 is 0 Å². The second-order valence-corrected chi connectivity index (χ2v) is 6.96. The van der Waals surface area contributed by atoms with Crippen LogP contribution in [0.3, 0.4) is 0 Å². The van der Waals surface area contributed by atoms with Crippen molar-refractivity contribution in [1.29, 1.82) is 0 Å². The first-order chi connectivity index (χ1) is 12.2. The van der Waals surface area contributed by atoms with E-state index in [1.807, 2.05) is 26.0 Å². The fourth-order valence-electron chi connectivity index (χ4n) is 2.72. The van der Waals surface area contributed by atoms with Gasteiger partial charge < -0.3 is 9.84 Å². The summed E-state index contributed by atoms with van der Waals surface area (Å²) in [5, 5.41) is 17.8. The first kappa shape index (κ1) is 18.3. The standard InChI is InChI=1S/C19H21F2N3O2/c1-11-5-6-12(2)17-16(11)22-24(23-17)13-9-14(20)18(15(21)10-13)26-19(3,4)7-8-25/h5-6,9-10,25H,7-8H2,1-4H3. The van der Waals surface area contributed by atoms with E-state index in [-0.39, 0.29) is 18.7 Å². The van der Waals surface area contributed by atoms with Crippen molar-refractivity contribution in [3.8, 4) is 11.4 Å². The minimum atomic E-state index is -0.898. The number of rotatable bonds is 5. The molecule has 26 heavy (non-hydrogen) atoms. The molecule has 0 saturated heterocycles. The Morgan fingerprint density at radius 2 is 1.54 bits per heavy atom. The molecule has 0 unspecified atom stereocenters. The molecule has 0 amide bonds. The highest BCUT2D eigenvalue weighted by molar-refractivity contribution is 5.80. The van der Waals surface area contributed by atoms with Crippen molar-refractivity contribution in [2.24, 2.45) is 0 Å². The predicted octanol–water partition coefficient (Wildman–Crippen LogP) is 3.86. The van der Waals surface area contributed by atoms with Gasteiger partial charge in [-0.1, -0.05) is 12.1 Å². The number of ether oxygens (including phenoxy) is 1. The molecule has 3 rings (SSSR count). The Morgan fingerprint density at radius 3 is 2.00 bits per heavy atom. The molecule has 0 radical (unpaired) electrons. The third-order valence-electron chi connectivity index (χ3n) is 4.25. The number of hydrogen-bond acceptors (Lipinski definition) is 4. The normalized spacial score (nSPS) is 12.0. The Hall–Kier alpha value is -2.54. The zero-order valence-electron chi connectivity index (χ0n) is 15.2. The molecule has 0 saturated carbocycles. The van der Waals surface area contributed by atoms with Gasteiger partial charge in [0.25, 0.3) is 0 Å². The lowest BCUT2D eigenvalue weighted by Crippen LogP contribution is -2.30. The maximum absolute atomic E-state index is 14.5. The summed E-state index contributed by atoms with van der Waals surface area (Å²) in [5.41, 5.74) is 2.52. The van der Waals surface area contributed by atoms with Crippen LogP contribution in [0.1, 0.15) is 31.4 Å². The molecule has 5 nitrogen and oxygen atoms in total. The van der Waals surface area contributed by atoms with E-state index in [1.165, 1.54) is 4.80 Å². The summed E-state index contributed by atoms with van der Waals surface area (Å²) < 4.78 is 34.4. The monoisotopic (exact) mass is 361 g/mol. The Balaban J connectivity index is 2.03. The highest BCUT2D eigenvalue weighted by Crippen LogP contribution is 2.30. The van der Waals surface area contributed by atoms with Gasteiger partial charge in [0.05, 0.1) is 5.69 Å². The average Bonchev–Trinajstić information content (AvgIpc) is 3.01. The summed E-state index contributed by atoms with van der Waals surface area (Å²) in [4.78, 5) is 1.22. The third kappa shape index (κ3) is 3.39. The number of benzene rings is 2. The number of fused-ring (bicyclic) bond motifs is 1. The molecule has 0 bridgehead atoms. The molecule has 1 aromatic heterocycles. The van der Waals surface area contributed by atoms with Crippen molar-refractivity contribution in [2.45, 2.75) is 39.7 Å². The van der Waals surface area contributed by atoms with Crippen LogP contribution in [0.5, 0.6) is 5.75 Å².